The summed E-state index contributed by atoms with van der Waals surface area (Å²) < 4.78 is 2.26. The summed E-state index contributed by atoms with van der Waals surface area (Å²) in [6.45, 7) is 6.11. The molecule has 0 amide bonds. The fourth-order valence-corrected chi connectivity index (χ4v) is 3.38. The Morgan fingerprint density at radius 1 is 0.636 bits per heavy atom. The molecule has 0 aliphatic rings. The number of pyridine rings is 1. The standard InChI is InChI=1S/C27H24N.C2H6.CH3.HI.Y/c1-21-13-15-22(16-14-21)17-18-26-19-25(23-9-5-3-6-10-23)20-27(28(26)2)24-11-7-4-8-12-24;1-2;;;/h3-20H,1-2H3;1-2H3;1H3;1H;/q+1;;-1;;/p-1/b18-17+;;;;. The molecular formula is C30H33INY-. The van der Waals surface area contributed by atoms with Gasteiger partial charge in [0, 0.05) is 56.5 Å². The number of hydrogen-bond acceptors (Lipinski definition) is 0. The van der Waals surface area contributed by atoms with E-state index in [1.807, 2.05) is 13.8 Å². The maximum absolute atomic E-state index is 2.27. The molecule has 33 heavy (non-hydrogen) atoms. The Hall–Kier alpha value is -1.62. The van der Waals surface area contributed by atoms with Gasteiger partial charge in [0.1, 0.15) is 7.05 Å². The van der Waals surface area contributed by atoms with Crippen LogP contribution in [0.1, 0.15) is 30.7 Å². The molecule has 0 bridgehead atoms. The third kappa shape index (κ3) is 8.59. The van der Waals surface area contributed by atoms with E-state index in [1.54, 1.807) is 0 Å². The van der Waals surface area contributed by atoms with Crippen molar-refractivity contribution in [1.29, 1.82) is 0 Å². The zero-order chi connectivity index (χ0) is 21.3. The van der Waals surface area contributed by atoms with Crippen LogP contribution in [0.15, 0.2) is 97.1 Å². The molecule has 4 rings (SSSR count). The van der Waals surface area contributed by atoms with E-state index in [0.717, 1.165) is 0 Å². The fraction of sp³-hybridized carbons (Fsp3) is 0.133. The maximum Gasteiger partial charge on any atom is 0.213 e. The number of aromatic nitrogens is 1. The Morgan fingerprint density at radius 3 is 1.70 bits per heavy atom. The number of nitrogens with zero attached hydrogens (tertiary/aromatic N) is 1. The van der Waals surface area contributed by atoms with Gasteiger partial charge in [-0.15, -0.1) is 0 Å². The predicted molar refractivity (Wildman–Crippen MR) is 136 cm³/mol. The van der Waals surface area contributed by atoms with Gasteiger partial charge in [0.15, 0.2) is 0 Å². The zero-order valence-electron chi connectivity index (χ0n) is 20.3. The molecule has 1 nitrogen and oxygen atoms in total. The molecule has 0 fully saturated rings. The van der Waals surface area contributed by atoms with Crippen LogP contribution in [0.5, 0.6) is 0 Å². The van der Waals surface area contributed by atoms with Crippen LogP contribution < -0.4 is 28.5 Å². The Morgan fingerprint density at radius 2 is 1.15 bits per heavy atom. The fourth-order valence-electron chi connectivity index (χ4n) is 3.38. The third-order valence-corrected chi connectivity index (χ3v) is 5.04. The Kier molecular flexibility index (Phi) is 15.3. The molecule has 169 valence electrons. The Bertz CT molecular complexity index is 1110. The Labute approximate surface area is 242 Å². The quantitative estimate of drug-likeness (QED) is 0.175. The van der Waals surface area contributed by atoms with E-state index in [0.29, 0.717) is 0 Å². The van der Waals surface area contributed by atoms with Crippen molar-refractivity contribution in [2.24, 2.45) is 7.05 Å². The smallest absolute Gasteiger partial charge is 0.213 e. The van der Waals surface area contributed by atoms with Gasteiger partial charge in [-0.05, 0) is 41.8 Å². The molecule has 0 atom stereocenters. The first-order valence-electron chi connectivity index (χ1n) is 10.6. The monoisotopic (exact) mass is 623 g/mol. The maximum atomic E-state index is 2.27. The van der Waals surface area contributed by atoms with Crippen molar-refractivity contribution < 1.29 is 61.3 Å². The van der Waals surface area contributed by atoms with Crippen molar-refractivity contribution in [2.45, 2.75) is 20.8 Å². The van der Waals surface area contributed by atoms with Crippen LogP contribution in [0.3, 0.4) is 0 Å². The van der Waals surface area contributed by atoms with Gasteiger partial charge < -0.3 is 31.4 Å². The number of halogens is 1. The van der Waals surface area contributed by atoms with Gasteiger partial charge in [0.25, 0.3) is 0 Å². The molecule has 3 heteroatoms. The first kappa shape index (κ1) is 31.4. The Balaban J connectivity index is 0.00000199. The molecule has 0 N–H and O–H groups in total. The van der Waals surface area contributed by atoms with E-state index in [9.17, 15) is 0 Å². The first-order chi connectivity index (χ1) is 14.7. The van der Waals surface area contributed by atoms with Crippen molar-refractivity contribution in [3.05, 3.63) is 121 Å². The second kappa shape index (κ2) is 16.1. The molecule has 1 radical (unpaired) electrons. The molecule has 1 aromatic heterocycles. The SMILES string of the molecule is CC.Cc1ccc(/C=C/c2cc(-c3ccccc3)cc(-c3ccccc3)[n+]2C)cc1.[CH3-].[I-].[Y]. The van der Waals surface area contributed by atoms with E-state index in [-0.39, 0.29) is 64.1 Å². The van der Waals surface area contributed by atoms with Crippen LogP contribution >= 0.6 is 0 Å². The van der Waals surface area contributed by atoms with Gasteiger partial charge in [0.2, 0.25) is 11.4 Å². The topological polar surface area (TPSA) is 3.88 Å². The minimum absolute atomic E-state index is 0. The summed E-state index contributed by atoms with van der Waals surface area (Å²) in [5.74, 6) is 0. The molecule has 0 saturated carbocycles. The summed E-state index contributed by atoms with van der Waals surface area (Å²) in [5, 5.41) is 0. The van der Waals surface area contributed by atoms with Crippen LogP contribution in [0.25, 0.3) is 34.5 Å². The largest absolute Gasteiger partial charge is 1.00 e. The van der Waals surface area contributed by atoms with Gasteiger partial charge in [-0.25, -0.2) is 0 Å². The first-order valence-corrected chi connectivity index (χ1v) is 10.6. The minimum atomic E-state index is 0. The van der Waals surface area contributed by atoms with E-state index in [1.165, 1.54) is 39.2 Å². The van der Waals surface area contributed by atoms with Crippen molar-refractivity contribution >= 4 is 12.2 Å². The molecule has 0 saturated heterocycles. The number of aryl methyl sites for hydroxylation is 1. The van der Waals surface area contributed by atoms with Crippen molar-refractivity contribution in [3.63, 3.8) is 0 Å². The zero-order valence-corrected chi connectivity index (χ0v) is 25.3. The predicted octanol–water partition coefficient (Wildman–Crippen LogP) is 4.80. The molecular weight excluding hydrogens is 590 g/mol. The van der Waals surface area contributed by atoms with Gasteiger partial charge >= 0.3 is 0 Å². The van der Waals surface area contributed by atoms with E-state index in [2.05, 4.69) is 128 Å². The summed E-state index contributed by atoms with van der Waals surface area (Å²) >= 11 is 0. The van der Waals surface area contributed by atoms with E-state index in [4.69, 9.17) is 0 Å². The molecule has 0 aliphatic heterocycles. The van der Waals surface area contributed by atoms with Gasteiger partial charge in [-0.2, -0.15) is 4.57 Å². The summed E-state index contributed by atoms with van der Waals surface area (Å²) in [7, 11) is 2.13. The van der Waals surface area contributed by atoms with E-state index < -0.39 is 0 Å². The second-order valence-electron chi connectivity index (χ2n) is 7.09. The molecule has 4 aromatic rings. The van der Waals surface area contributed by atoms with Gasteiger partial charge in [-0.3, -0.25) is 0 Å². The van der Waals surface area contributed by atoms with Crippen LogP contribution in [-0.2, 0) is 39.8 Å². The summed E-state index contributed by atoms with van der Waals surface area (Å²) in [4.78, 5) is 0. The average molecular weight is 623 g/mol. The van der Waals surface area contributed by atoms with Crippen molar-refractivity contribution in [2.75, 3.05) is 0 Å². The minimum Gasteiger partial charge on any atom is -1.00 e. The van der Waals surface area contributed by atoms with Crippen LogP contribution in [0, 0.1) is 14.4 Å². The molecule has 0 aliphatic carbocycles. The summed E-state index contributed by atoms with van der Waals surface area (Å²) in [6.07, 6.45) is 4.38. The van der Waals surface area contributed by atoms with E-state index >= 15 is 0 Å². The van der Waals surface area contributed by atoms with Crippen LogP contribution in [0.2, 0.25) is 0 Å². The summed E-state index contributed by atoms with van der Waals surface area (Å²) in [6, 6.07) is 34.3. The van der Waals surface area contributed by atoms with Gasteiger partial charge in [0.05, 0.1) is 0 Å². The average Bonchev–Trinajstić information content (AvgIpc) is 2.82. The van der Waals surface area contributed by atoms with Crippen molar-refractivity contribution in [1.82, 2.24) is 0 Å². The molecule has 0 spiro atoms. The normalized spacial score (nSPS) is 9.58. The van der Waals surface area contributed by atoms with Crippen LogP contribution in [-0.4, -0.2) is 0 Å². The van der Waals surface area contributed by atoms with Gasteiger partial charge in [-0.1, -0.05) is 92.2 Å². The number of hydrogen-bond donors (Lipinski definition) is 0. The third-order valence-electron chi connectivity index (χ3n) is 5.04. The molecule has 0 unspecified atom stereocenters. The van der Waals surface area contributed by atoms with Crippen LogP contribution in [0.4, 0.5) is 0 Å². The number of benzene rings is 3. The number of rotatable bonds is 4. The molecule has 3 aromatic carbocycles. The second-order valence-corrected chi connectivity index (χ2v) is 7.09. The summed E-state index contributed by atoms with van der Waals surface area (Å²) in [5.41, 5.74) is 8.52. The van der Waals surface area contributed by atoms with Crippen molar-refractivity contribution in [3.8, 4) is 22.4 Å². The molecule has 1 heterocycles.